The molecule has 3 amide bonds. The zero-order valence-corrected chi connectivity index (χ0v) is 23.8. The zero-order valence-electron chi connectivity index (χ0n) is 23.8. The molecule has 0 fully saturated rings. The van der Waals surface area contributed by atoms with Gasteiger partial charge in [0.1, 0.15) is 12.2 Å². The third kappa shape index (κ3) is 5.35. The van der Waals surface area contributed by atoms with Crippen LogP contribution >= 0.6 is 0 Å². The third-order valence-corrected chi connectivity index (χ3v) is 7.81. The van der Waals surface area contributed by atoms with Crippen molar-refractivity contribution in [3.8, 4) is 0 Å². The fourth-order valence-electron chi connectivity index (χ4n) is 5.58. The molecule has 2 aliphatic rings. The molecule has 4 aromatic rings. The molecule has 2 aliphatic heterocycles. The number of aliphatic hydroxyl groups is 1. The number of benzene rings is 3. The highest BCUT2D eigenvalue weighted by Gasteiger charge is 2.35. The van der Waals surface area contributed by atoms with E-state index in [-0.39, 0.29) is 24.7 Å². The van der Waals surface area contributed by atoms with Crippen molar-refractivity contribution in [3.05, 3.63) is 113 Å². The van der Waals surface area contributed by atoms with E-state index in [0.29, 0.717) is 29.3 Å². The maximum atomic E-state index is 14.8. The summed E-state index contributed by atoms with van der Waals surface area (Å²) in [5.41, 5.74) is 4.38. The Morgan fingerprint density at radius 3 is 2.59 bits per heavy atom. The SMILES string of the molecule is Cc1cc(C(=O)N2Cc3cccn3Cc3ccccc32)ccc1CNC(=O)ON1CC(=O)N(CCO)c2ccc(F)c(F)c21. The lowest BCUT2D eigenvalue weighted by molar-refractivity contribution is -0.118. The Bertz CT molecular complexity index is 1770. The Kier molecular flexibility index (Phi) is 7.75. The van der Waals surface area contributed by atoms with Crippen LogP contribution in [0.1, 0.15) is 32.7 Å². The number of amides is 3. The standard InChI is InChI=1S/C32H29F2N5O5/c1-20-15-21(31(42)38-18-24-6-4-12-36(24)17-23-5-2-3-7-26(23)38)8-9-22(20)16-35-32(43)44-39-19-28(41)37(13-14-40)27-11-10-25(33)29(34)30(27)39/h2-12,15,40H,13-14,16-19H2,1H3,(H,35,43). The van der Waals surface area contributed by atoms with Crippen LogP contribution in [0.3, 0.4) is 0 Å². The second kappa shape index (κ2) is 11.8. The predicted molar refractivity (Wildman–Crippen MR) is 158 cm³/mol. The molecule has 3 heterocycles. The van der Waals surface area contributed by atoms with Gasteiger partial charge in [0, 0.05) is 42.8 Å². The molecular weight excluding hydrogens is 572 g/mol. The molecule has 6 rings (SSSR count). The van der Waals surface area contributed by atoms with Crippen molar-refractivity contribution < 1.29 is 33.1 Å². The number of nitrogens with zero attached hydrogens (tertiary/aromatic N) is 4. The quantitative estimate of drug-likeness (QED) is 0.342. The van der Waals surface area contributed by atoms with E-state index >= 15 is 0 Å². The number of carbonyl (C=O) groups excluding carboxylic acids is 3. The number of para-hydroxylation sites is 1. The molecule has 12 heteroatoms. The highest BCUT2D eigenvalue weighted by molar-refractivity contribution is 6.06. The van der Waals surface area contributed by atoms with Crippen LogP contribution in [-0.4, -0.2) is 47.3 Å². The number of rotatable bonds is 6. The molecule has 0 aliphatic carbocycles. The number of anilines is 3. The summed E-state index contributed by atoms with van der Waals surface area (Å²) in [6.07, 6.45) is 1.01. The molecule has 0 atom stereocenters. The molecule has 0 radical (unpaired) electrons. The van der Waals surface area contributed by atoms with E-state index in [1.807, 2.05) is 49.5 Å². The van der Waals surface area contributed by atoms with Gasteiger partial charge in [0.2, 0.25) is 5.91 Å². The first kappa shape index (κ1) is 28.9. The van der Waals surface area contributed by atoms with Gasteiger partial charge < -0.3 is 29.6 Å². The zero-order chi connectivity index (χ0) is 31.0. The average Bonchev–Trinajstić information content (AvgIpc) is 3.38. The van der Waals surface area contributed by atoms with Crippen molar-refractivity contribution in [2.45, 2.75) is 26.6 Å². The summed E-state index contributed by atoms with van der Waals surface area (Å²) in [6.45, 7) is 1.82. The largest absolute Gasteiger partial charge is 0.431 e. The van der Waals surface area contributed by atoms with Gasteiger partial charge in [-0.15, -0.1) is 0 Å². The van der Waals surface area contributed by atoms with Gasteiger partial charge in [0.15, 0.2) is 11.6 Å². The molecule has 3 aromatic carbocycles. The fourth-order valence-corrected chi connectivity index (χ4v) is 5.58. The summed E-state index contributed by atoms with van der Waals surface area (Å²) in [4.78, 5) is 47.2. The van der Waals surface area contributed by atoms with Crippen LogP contribution < -0.4 is 20.2 Å². The molecule has 0 bridgehead atoms. The summed E-state index contributed by atoms with van der Waals surface area (Å²) >= 11 is 0. The molecule has 44 heavy (non-hydrogen) atoms. The van der Waals surface area contributed by atoms with E-state index in [1.54, 1.807) is 23.1 Å². The summed E-state index contributed by atoms with van der Waals surface area (Å²) < 4.78 is 30.9. The lowest BCUT2D eigenvalue weighted by Crippen LogP contribution is -2.49. The average molecular weight is 602 g/mol. The number of fused-ring (bicyclic) bond motifs is 3. The minimum Gasteiger partial charge on any atom is -0.395 e. The van der Waals surface area contributed by atoms with E-state index in [9.17, 15) is 28.3 Å². The second-order valence-electron chi connectivity index (χ2n) is 10.6. The Morgan fingerprint density at radius 2 is 1.80 bits per heavy atom. The van der Waals surface area contributed by atoms with Gasteiger partial charge in [0.05, 0.1) is 18.8 Å². The van der Waals surface area contributed by atoms with E-state index < -0.39 is 42.5 Å². The first-order valence-corrected chi connectivity index (χ1v) is 14.0. The highest BCUT2D eigenvalue weighted by Crippen LogP contribution is 2.37. The van der Waals surface area contributed by atoms with E-state index in [0.717, 1.165) is 33.5 Å². The first-order valence-electron chi connectivity index (χ1n) is 14.0. The van der Waals surface area contributed by atoms with Crippen LogP contribution in [0.25, 0.3) is 0 Å². The number of hydrogen-bond donors (Lipinski definition) is 2. The third-order valence-electron chi connectivity index (χ3n) is 7.81. The smallest absolute Gasteiger partial charge is 0.395 e. The van der Waals surface area contributed by atoms with Gasteiger partial charge >= 0.3 is 6.09 Å². The maximum Gasteiger partial charge on any atom is 0.431 e. The number of nitrogens with one attached hydrogen (secondary N) is 1. The first-order chi connectivity index (χ1) is 21.2. The number of hydroxylamine groups is 1. The van der Waals surface area contributed by atoms with Crippen molar-refractivity contribution in [1.29, 1.82) is 0 Å². The monoisotopic (exact) mass is 601 g/mol. The van der Waals surface area contributed by atoms with E-state index in [2.05, 4.69) is 9.88 Å². The highest BCUT2D eigenvalue weighted by atomic mass is 19.2. The van der Waals surface area contributed by atoms with Crippen LogP contribution in [0, 0.1) is 18.6 Å². The van der Waals surface area contributed by atoms with Gasteiger partial charge in [0.25, 0.3) is 5.91 Å². The molecule has 226 valence electrons. The van der Waals surface area contributed by atoms with Crippen LogP contribution in [0.15, 0.2) is 72.9 Å². The fraction of sp³-hybridized carbons (Fsp3) is 0.219. The van der Waals surface area contributed by atoms with E-state index in [1.165, 1.54) is 6.07 Å². The number of β-amino-alcohol motifs (C(OH)–C–C–N with tert-alkyl or cyclic N) is 1. The van der Waals surface area contributed by atoms with Crippen LogP contribution in [0.4, 0.5) is 30.6 Å². The molecule has 0 unspecified atom stereocenters. The Labute approximate surface area is 251 Å². The van der Waals surface area contributed by atoms with Crippen molar-refractivity contribution in [1.82, 2.24) is 9.88 Å². The molecule has 1 aromatic heterocycles. The number of aryl methyl sites for hydroxylation is 1. The van der Waals surface area contributed by atoms with Crippen molar-refractivity contribution in [3.63, 3.8) is 0 Å². The minimum atomic E-state index is -1.29. The molecular formula is C32H29F2N5O5. The lowest BCUT2D eigenvalue weighted by atomic mass is 10.0. The molecule has 0 saturated carbocycles. The molecule has 2 N–H and O–H groups in total. The number of carbonyl (C=O) groups is 3. The Morgan fingerprint density at radius 1 is 0.977 bits per heavy atom. The van der Waals surface area contributed by atoms with Gasteiger partial charge in [-0.2, -0.15) is 5.06 Å². The minimum absolute atomic E-state index is 0.0100. The van der Waals surface area contributed by atoms with Crippen LogP contribution in [-0.2, 0) is 29.3 Å². The number of hydrogen-bond acceptors (Lipinski definition) is 6. The maximum absolute atomic E-state index is 14.8. The number of halogens is 2. The van der Waals surface area contributed by atoms with Gasteiger partial charge in [-0.3, -0.25) is 9.59 Å². The van der Waals surface area contributed by atoms with Crippen molar-refractivity contribution >= 4 is 35.0 Å². The number of aliphatic hydroxyl groups excluding tert-OH is 1. The number of aromatic nitrogens is 1. The summed E-state index contributed by atoms with van der Waals surface area (Å²) in [7, 11) is 0. The van der Waals surface area contributed by atoms with Gasteiger partial charge in [-0.1, -0.05) is 24.3 Å². The van der Waals surface area contributed by atoms with Crippen molar-refractivity contribution in [2.75, 3.05) is 34.6 Å². The van der Waals surface area contributed by atoms with Gasteiger partial charge in [-0.25, -0.2) is 13.6 Å². The molecule has 0 saturated heterocycles. The summed E-state index contributed by atoms with van der Waals surface area (Å²) in [5.74, 6) is -3.20. The Hall–Kier alpha value is -5.23. The second-order valence-corrected chi connectivity index (χ2v) is 10.6. The lowest BCUT2D eigenvalue weighted by Gasteiger charge is -2.35. The summed E-state index contributed by atoms with van der Waals surface area (Å²) in [6, 6.07) is 19.0. The molecule has 10 nitrogen and oxygen atoms in total. The predicted octanol–water partition coefficient (Wildman–Crippen LogP) is 4.27. The van der Waals surface area contributed by atoms with E-state index in [4.69, 9.17) is 4.84 Å². The van der Waals surface area contributed by atoms with Crippen molar-refractivity contribution in [2.24, 2.45) is 0 Å². The summed E-state index contributed by atoms with van der Waals surface area (Å²) in [5, 5.41) is 12.6. The topological polar surface area (TPSA) is 107 Å². The van der Waals surface area contributed by atoms with Crippen LogP contribution in [0.2, 0.25) is 0 Å². The molecule has 0 spiro atoms. The normalized spacial score (nSPS) is 14.0. The van der Waals surface area contributed by atoms with Gasteiger partial charge in [-0.05, 0) is 66.1 Å². The Balaban J connectivity index is 1.15. The van der Waals surface area contributed by atoms with Crippen LogP contribution in [0.5, 0.6) is 0 Å².